The molecule has 1 aromatic carbocycles. The largest absolute Gasteiger partial charge is 0.468 e. The van der Waals surface area contributed by atoms with Crippen LogP contribution in [-0.2, 0) is 15.3 Å². The molecule has 0 aliphatic carbocycles. The Morgan fingerprint density at radius 3 is 2.89 bits per heavy atom. The van der Waals surface area contributed by atoms with Crippen LogP contribution < -0.4 is 5.32 Å². The fraction of sp³-hybridized carbons (Fsp3) is 0.500. The molecule has 0 saturated carbocycles. The maximum atomic E-state index is 11.5. The summed E-state index contributed by atoms with van der Waals surface area (Å²) in [6, 6.07) is 8.22. The molecule has 100 valence electrons. The third kappa shape index (κ3) is 5.10. The molecule has 1 N–H and O–H groups in total. The van der Waals surface area contributed by atoms with E-state index < -0.39 is 0 Å². The van der Waals surface area contributed by atoms with Gasteiger partial charge in [0.15, 0.2) is 0 Å². The van der Waals surface area contributed by atoms with Crippen molar-refractivity contribution in [2.75, 3.05) is 19.4 Å². The second-order valence-corrected chi connectivity index (χ2v) is 5.17. The zero-order valence-corrected chi connectivity index (χ0v) is 12.0. The predicted octanol–water partition coefficient (Wildman–Crippen LogP) is 2.38. The van der Waals surface area contributed by atoms with Gasteiger partial charge >= 0.3 is 5.97 Å². The number of rotatable bonds is 7. The molecule has 4 heteroatoms. The van der Waals surface area contributed by atoms with Crippen molar-refractivity contribution in [3.8, 4) is 0 Å². The summed E-state index contributed by atoms with van der Waals surface area (Å²) in [7, 11) is 1.43. The van der Waals surface area contributed by atoms with E-state index in [0.29, 0.717) is 0 Å². The number of aryl methyl sites for hydroxylation is 1. The fourth-order valence-electron chi connectivity index (χ4n) is 1.70. The molecule has 0 heterocycles. The standard InChI is InChI=1S/C14H21NO2S/c1-4-15-13(14(16)17-3)10-18-9-12-7-5-6-11(2)8-12/h5-8,13,15H,4,9-10H2,1-3H3. The summed E-state index contributed by atoms with van der Waals surface area (Å²) in [5.41, 5.74) is 2.56. The van der Waals surface area contributed by atoms with Gasteiger partial charge in [0.2, 0.25) is 0 Å². The number of carbonyl (C=O) groups excluding carboxylic acids is 1. The first kappa shape index (κ1) is 15.1. The van der Waals surface area contributed by atoms with Gasteiger partial charge in [-0.2, -0.15) is 11.8 Å². The van der Waals surface area contributed by atoms with Gasteiger partial charge in [0.05, 0.1) is 7.11 Å². The number of nitrogens with one attached hydrogen (secondary N) is 1. The zero-order chi connectivity index (χ0) is 13.4. The highest BCUT2D eigenvalue weighted by Gasteiger charge is 2.17. The number of esters is 1. The first-order chi connectivity index (χ1) is 8.67. The van der Waals surface area contributed by atoms with Gasteiger partial charge in [-0.1, -0.05) is 36.8 Å². The molecule has 0 amide bonds. The molecule has 18 heavy (non-hydrogen) atoms. The molecule has 1 rings (SSSR count). The van der Waals surface area contributed by atoms with Gasteiger partial charge in [-0.05, 0) is 19.0 Å². The van der Waals surface area contributed by atoms with E-state index >= 15 is 0 Å². The van der Waals surface area contributed by atoms with Crippen molar-refractivity contribution in [3.63, 3.8) is 0 Å². The summed E-state index contributed by atoms with van der Waals surface area (Å²) < 4.78 is 4.77. The minimum atomic E-state index is -0.213. The van der Waals surface area contributed by atoms with Gasteiger partial charge in [-0.15, -0.1) is 0 Å². The van der Waals surface area contributed by atoms with Crippen LogP contribution in [0.25, 0.3) is 0 Å². The highest BCUT2D eigenvalue weighted by Crippen LogP contribution is 2.14. The summed E-state index contributed by atoms with van der Waals surface area (Å²) >= 11 is 1.74. The minimum absolute atomic E-state index is 0.186. The molecule has 0 aliphatic rings. The Morgan fingerprint density at radius 1 is 1.50 bits per heavy atom. The molecule has 0 bridgehead atoms. The maximum Gasteiger partial charge on any atom is 0.323 e. The first-order valence-corrected chi connectivity index (χ1v) is 7.27. The molecular formula is C14H21NO2S. The van der Waals surface area contributed by atoms with Gasteiger partial charge in [-0.25, -0.2) is 0 Å². The molecule has 0 saturated heterocycles. The van der Waals surface area contributed by atoms with E-state index in [9.17, 15) is 4.79 Å². The van der Waals surface area contributed by atoms with Gasteiger partial charge in [0.1, 0.15) is 6.04 Å². The van der Waals surface area contributed by atoms with Crippen molar-refractivity contribution in [1.82, 2.24) is 5.32 Å². The Kier molecular flexibility index (Phi) is 6.83. The lowest BCUT2D eigenvalue weighted by Gasteiger charge is -2.14. The Morgan fingerprint density at radius 2 is 2.28 bits per heavy atom. The number of methoxy groups -OCH3 is 1. The molecule has 1 unspecified atom stereocenters. The van der Waals surface area contributed by atoms with Crippen LogP contribution in [0.2, 0.25) is 0 Å². The van der Waals surface area contributed by atoms with Crippen LogP contribution in [0.1, 0.15) is 18.1 Å². The Balaban J connectivity index is 2.41. The molecule has 1 aromatic rings. The highest BCUT2D eigenvalue weighted by atomic mass is 32.2. The third-order valence-corrected chi connectivity index (χ3v) is 3.68. The molecule has 0 aromatic heterocycles. The van der Waals surface area contributed by atoms with Gasteiger partial charge in [0, 0.05) is 11.5 Å². The third-order valence-electron chi connectivity index (χ3n) is 2.57. The lowest BCUT2D eigenvalue weighted by atomic mass is 10.2. The van der Waals surface area contributed by atoms with E-state index in [2.05, 4.69) is 36.5 Å². The monoisotopic (exact) mass is 267 g/mol. The molecule has 3 nitrogen and oxygen atoms in total. The van der Waals surface area contributed by atoms with Crippen LogP contribution in [-0.4, -0.2) is 31.4 Å². The van der Waals surface area contributed by atoms with Crippen molar-refractivity contribution in [2.45, 2.75) is 25.6 Å². The highest BCUT2D eigenvalue weighted by molar-refractivity contribution is 7.98. The van der Waals surface area contributed by atoms with Crippen LogP contribution in [0, 0.1) is 6.92 Å². The summed E-state index contributed by atoms with van der Waals surface area (Å²) in [6.45, 7) is 4.84. The average molecular weight is 267 g/mol. The Labute approximate surface area is 113 Å². The SMILES string of the molecule is CCNC(CSCc1cccc(C)c1)C(=O)OC. The number of ether oxygens (including phenoxy) is 1. The second-order valence-electron chi connectivity index (χ2n) is 4.14. The smallest absolute Gasteiger partial charge is 0.323 e. The number of likely N-dealkylation sites (N-methyl/N-ethyl adjacent to an activating group) is 1. The van der Waals surface area contributed by atoms with Crippen molar-refractivity contribution in [2.24, 2.45) is 0 Å². The molecule has 0 fully saturated rings. The molecular weight excluding hydrogens is 246 g/mol. The normalized spacial score (nSPS) is 12.2. The van der Waals surface area contributed by atoms with Gasteiger partial charge < -0.3 is 10.1 Å². The van der Waals surface area contributed by atoms with E-state index in [1.807, 2.05) is 6.92 Å². The summed E-state index contributed by atoms with van der Waals surface area (Å²) in [5, 5.41) is 3.14. The molecule has 0 spiro atoms. The minimum Gasteiger partial charge on any atom is -0.468 e. The van der Waals surface area contributed by atoms with E-state index in [-0.39, 0.29) is 12.0 Å². The van der Waals surface area contributed by atoms with E-state index in [1.54, 1.807) is 11.8 Å². The number of hydrogen-bond donors (Lipinski definition) is 1. The summed E-state index contributed by atoms with van der Waals surface area (Å²) in [4.78, 5) is 11.5. The van der Waals surface area contributed by atoms with Crippen LogP contribution >= 0.6 is 11.8 Å². The van der Waals surface area contributed by atoms with Gasteiger partial charge in [0.25, 0.3) is 0 Å². The molecule has 0 radical (unpaired) electrons. The number of thioether (sulfide) groups is 1. The average Bonchev–Trinajstić information content (AvgIpc) is 2.37. The van der Waals surface area contributed by atoms with Crippen molar-refractivity contribution < 1.29 is 9.53 Å². The lowest BCUT2D eigenvalue weighted by molar-refractivity contribution is -0.142. The Hall–Kier alpha value is -1.00. The maximum absolute atomic E-state index is 11.5. The van der Waals surface area contributed by atoms with Crippen LogP contribution in [0.3, 0.4) is 0 Å². The second kappa shape index (κ2) is 8.16. The van der Waals surface area contributed by atoms with Crippen molar-refractivity contribution in [1.29, 1.82) is 0 Å². The van der Waals surface area contributed by atoms with Gasteiger partial charge in [-0.3, -0.25) is 4.79 Å². The Bertz CT molecular complexity index is 382. The van der Waals surface area contributed by atoms with Crippen LogP contribution in [0.15, 0.2) is 24.3 Å². The van der Waals surface area contributed by atoms with E-state index in [0.717, 1.165) is 18.1 Å². The summed E-state index contributed by atoms with van der Waals surface area (Å²) in [5.74, 6) is 1.46. The zero-order valence-electron chi connectivity index (χ0n) is 11.2. The fourth-order valence-corrected chi connectivity index (χ4v) is 2.72. The van der Waals surface area contributed by atoms with Crippen molar-refractivity contribution >= 4 is 17.7 Å². The predicted molar refractivity (Wildman–Crippen MR) is 76.8 cm³/mol. The topological polar surface area (TPSA) is 38.3 Å². The van der Waals surface area contributed by atoms with E-state index in [1.165, 1.54) is 18.2 Å². The quantitative estimate of drug-likeness (QED) is 0.770. The number of hydrogen-bond acceptors (Lipinski definition) is 4. The number of carbonyl (C=O) groups is 1. The molecule has 1 atom stereocenters. The van der Waals surface area contributed by atoms with Crippen LogP contribution in [0.5, 0.6) is 0 Å². The van der Waals surface area contributed by atoms with Crippen LogP contribution in [0.4, 0.5) is 0 Å². The summed E-state index contributed by atoms with van der Waals surface area (Å²) in [6.07, 6.45) is 0. The van der Waals surface area contributed by atoms with Crippen molar-refractivity contribution in [3.05, 3.63) is 35.4 Å². The molecule has 0 aliphatic heterocycles. The first-order valence-electron chi connectivity index (χ1n) is 6.12. The van der Waals surface area contributed by atoms with E-state index in [4.69, 9.17) is 4.74 Å². The lowest BCUT2D eigenvalue weighted by Crippen LogP contribution is -2.39. The number of benzene rings is 1.